The van der Waals surface area contributed by atoms with E-state index < -0.39 is 10.0 Å². The summed E-state index contributed by atoms with van der Waals surface area (Å²) in [5, 5.41) is -0.258. The average molecular weight is 364 g/mol. The SMILES string of the molecule is COc1ccccc1[C@@H]1SCCN1S(=O)(=O)c1ccc(C)cc1C. The van der Waals surface area contributed by atoms with E-state index in [1.807, 2.05) is 50.2 Å². The lowest BCUT2D eigenvalue weighted by atomic mass is 10.2. The zero-order valence-corrected chi connectivity index (χ0v) is 15.7. The number of aryl methyl sites for hydroxylation is 2. The molecule has 0 unspecified atom stereocenters. The number of sulfonamides is 1. The quantitative estimate of drug-likeness (QED) is 0.830. The number of hydrogen-bond acceptors (Lipinski definition) is 4. The first kappa shape index (κ1) is 17.3. The van der Waals surface area contributed by atoms with Crippen LogP contribution in [0.15, 0.2) is 47.4 Å². The number of nitrogens with zero attached hydrogens (tertiary/aromatic N) is 1. The maximum absolute atomic E-state index is 13.2. The maximum atomic E-state index is 13.2. The van der Waals surface area contributed by atoms with Crippen LogP contribution in [-0.2, 0) is 10.0 Å². The van der Waals surface area contributed by atoms with Crippen LogP contribution in [0.1, 0.15) is 22.1 Å². The Morgan fingerprint density at radius 1 is 1.17 bits per heavy atom. The Morgan fingerprint density at radius 2 is 1.92 bits per heavy atom. The first-order valence-electron chi connectivity index (χ1n) is 7.79. The minimum atomic E-state index is -3.55. The molecule has 1 aliphatic rings. The highest BCUT2D eigenvalue weighted by Crippen LogP contribution is 2.44. The Kier molecular flexibility index (Phi) is 4.90. The fourth-order valence-corrected chi connectivity index (χ4v) is 6.50. The Morgan fingerprint density at radius 3 is 2.62 bits per heavy atom. The Bertz CT molecular complexity index is 849. The van der Waals surface area contributed by atoms with E-state index in [0.29, 0.717) is 11.4 Å². The fourth-order valence-electron chi connectivity index (χ4n) is 3.03. The van der Waals surface area contributed by atoms with Crippen LogP contribution >= 0.6 is 11.8 Å². The molecule has 0 spiro atoms. The molecule has 24 heavy (non-hydrogen) atoms. The van der Waals surface area contributed by atoms with Gasteiger partial charge in [-0.15, -0.1) is 11.8 Å². The van der Waals surface area contributed by atoms with E-state index in [4.69, 9.17) is 4.74 Å². The highest BCUT2D eigenvalue weighted by Gasteiger charge is 2.38. The molecule has 0 saturated carbocycles. The van der Waals surface area contributed by atoms with Gasteiger partial charge >= 0.3 is 0 Å². The van der Waals surface area contributed by atoms with Gasteiger partial charge in [0, 0.05) is 17.9 Å². The molecule has 0 N–H and O–H groups in total. The largest absolute Gasteiger partial charge is 0.496 e. The highest BCUT2D eigenvalue weighted by atomic mass is 32.2. The lowest BCUT2D eigenvalue weighted by Crippen LogP contribution is -2.31. The van der Waals surface area contributed by atoms with Gasteiger partial charge in [-0.05, 0) is 31.5 Å². The second kappa shape index (κ2) is 6.78. The Labute approximate surface area is 147 Å². The molecule has 128 valence electrons. The number of thioether (sulfide) groups is 1. The van der Waals surface area contributed by atoms with Crippen molar-refractivity contribution in [3.63, 3.8) is 0 Å². The van der Waals surface area contributed by atoms with Gasteiger partial charge in [0.15, 0.2) is 0 Å². The molecule has 2 aromatic carbocycles. The minimum Gasteiger partial charge on any atom is -0.496 e. The van der Waals surface area contributed by atoms with Crippen LogP contribution < -0.4 is 4.74 Å². The van der Waals surface area contributed by atoms with Gasteiger partial charge in [-0.1, -0.05) is 35.9 Å². The third kappa shape index (κ3) is 3.06. The smallest absolute Gasteiger partial charge is 0.244 e. The zero-order valence-electron chi connectivity index (χ0n) is 14.0. The molecular weight excluding hydrogens is 342 g/mol. The molecule has 0 bridgehead atoms. The average Bonchev–Trinajstić information content (AvgIpc) is 3.04. The molecule has 6 heteroatoms. The molecule has 3 rings (SSSR count). The molecular formula is C18H21NO3S2. The summed E-state index contributed by atoms with van der Waals surface area (Å²) in [7, 11) is -1.94. The van der Waals surface area contributed by atoms with Gasteiger partial charge in [0.25, 0.3) is 0 Å². The normalized spacial score (nSPS) is 18.7. The van der Waals surface area contributed by atoms with E-state index in [1.165, 1.54) is 0 Å². The lowest BCUT2D eigenvalue weighted by Gasteiger charge is -2.25. The Hall–Kier alpha value is -1.50. The predicted molar refractivity (Wildman–Crippen MR) is 98.0 cm³/mol. The molecule has 0 amide bonds. The van der Waals surface area contributed by atoms with Crippen molar-refractivity contribution in [2.24, 2.45) is 0 Å². The second-order valence-corrected chi connectivity index (χ2v) is 8.90. The molecule has 1 saturated heterocycles. The molecule has 1 heterocycles. The molecule has 1 aliphatic heterocycles. The van der Waals surface area contributed by atoms with Crippen LogP contribution in [0.2, 0.25) is 0 Å². The number of ether oxygens (including phenoxy) is 1. The van der Waals surface area contributed by atoms with E-state index in [-0.39, 0.29) is 5.37 Å². The topological polar surface area (TPSA) is 46.6 Å². The number of para-hydroxylation sites is 1. The van der Waals surface area contributed by atoms with Crippen molar-refractivity contribution < 1.29 is 13.2 Å². The molecule has 0 aromatic heterocycles. The third-order valence-electron chi connectivity index (χ3n) is 4.17. The second-order valence-electron chi connectivity index (χ2n) is 5.85. The summed E-state index contributed by atoms with van der Waals surface area (Å²) in [6.07, 6.45) is 0. The van der Waals surface area contributed by atoms with Crippen LogP contribution in [0.3, 0.4) is 0 Å². The van der Waals surface area contributed by atoms with Crippen molar-refractivity contribution in [3.8, 4) is 5.75 Å². The van der Waals surface area contributed by atoms with Gasteiger partial charge in [-0.25, -0.2) is 8.42 Å². The molecule has 0 radical (unpaired) electrons. The number of benzene rings is 2. The molecule has 1 atom stereocenters. The number of rotatable bonds is 4. The van der Waals surface area contributed by atoms with Crippen LogP contribution in [0, 0.1) is 13.8 Å². The van der Waals surface area contributed by atoms with Crippen molar-refractivity contribution in [2.45, 2.75) is 24.1 Å². The molecule has 1 fully saturated rings. The van der Waals surface area contributed by atoms with Gasteiger partial charge in [-0.3, -0.25) is 0 Å². The standard InChI is InChI=1S/C18H21NO3S2/c1-13-8-9-17(14(2)12-13)24(20,21)19-10-11-23-18(19)15-6-4-5-7-16(15)22-3/h4-9,12,18H,10-11H2,1-3H3/t18-/m0/s1. The number of methoxy groups -OCH3 is 1. The zero-order chi connectivity index (χ0) is 17.3. The van der Waals surface area contributed by atoms with Crippen molar-refractivity contribution in [2.75, 3.05) is 19.4 Å². The van der Waals surface area contributed by atoms with Gasteiger partial charge in [0.1, 0.15) is 5.75 Å². The summed E-state index contributed by atoms with van der Waals surface area (Å²) in [6.45, 7) is 4.32. The van der Waals surface area contributed by atoms with Crippen molar-refractivity contribution in [1.29, 1.82) is 0 Å². The molecule has 0 aliphatic carbocycles. The van der Waals surface area contributed by atoms with Crippen LogP contribution in [0.25, 0.3) is 0 Å². The fraction of sp³-hybridized carbons (Fsp3) is 0.333. The van der Waals surface area contributed by atoms with E-state index in [1.54, 1.807) is 29.2 Å². The summed E-state index contributed by atoms with van der Waals surface area (Å²) in [5.41, 5.74) is 2.74. The van der Waals surface area contributed by atoms with Crippen LogP contribution in [0.5, 0.6) is 5.75 Å². The number of hydrogen-bond donors (Lipinski definition) is 0. The van der Waals surface area contributed by atoms with E-state index in [0.717, 1.165) is 28.2 Å². The minimum absolute atomic E-state index is 0.258. The summed E-state index contributed by atoms with van der Waals surface area (Å²) in [4.78, 5) is 0.385. The first-order valence-corrected chi connectivity index (χ1v) is 10.3. The van der Waals surface area contributed by atoms with E-state index in [9.17, 15) is 8.42 Å². The summed E-state index contributed by atoms with van der Waals surface area (Å²) in [6, 6.07) is 13.1. The predicted octanol–water partition coefficient (Wildman–Crippen LogP) is 3.75. The lowest BCUT2D eigenvalue weighted by molar-refractivity contribution is 0.390. The van der Waals surface area contributed by atoms with Crippen LogP contribution in [-0.4, -0.2) is 32.1 Å². The maximum Gasteiger partial charge on any atom is 0.244 e. The first-order chi connectivity index (χ1) is 11.4. The Balaban J connectivity index is 2.04. The summed E-state index contributed by atoms with van der Waals surface area (Å²) >= 11 is 1.63. The third-order valence-corrected chi connectivity index (χ3v) is 7.57. The van der Waals surface area contributed by atoms with Gasteiger partial charge in [0.2, 0.25) is 10.0 Å². The van der Waals surface area contributed by atoms with E-state index in [2.05, 4.69) is 0 Å². The van der Waals surface area contributed by atoms with Crippen LogP contribution in [0.4, 0.5) is 0 Å². The monoisotopic (exact) mass is 363 g/mol. The van der Waals surface area contributed by atoms with Gasteiger partial charge < -0.3 is 4.74 Å². The van der Waals surface area contributed by atoms with Gasteiger partial charge in [0.05, 0.1) is 17.4 Å². The van der Waals surface area contributed by atoms with E-state index >= 15 is 0 Å². The highest BCUT2D eigenvalue weighted by molar-refractivity contribution is 8.01. The van der Waals surface area contributed by atoms with Crippen molar-refractivity contribution in [3.05, 3.63) is 59.2 Å². The summed E-state index contributed by atoms with van der Waals surface area (Å²) < 4.78 is 33.5. The molecule has 2 aromatic rings. The van der Waals surface area contributed by atoms with Gasteiger partial charge in [-0.2, -0.15) is 4.31 Å². The van der Waals surface area contributed by atoms with Crippen molar-refractivity contribution in [1.82, 2.24) is 4.31 Å². The molecule has 4 nitrogen and oxygen atoms in total. The summed E-state index contributed by atoms with van der Waals surface area (Å²) in [5.74, 6) is 1.49. The van der Waals surface area contributed by atoms with Crippen molar-refractivity contribution >= 4 is 21.8 Å².